The van der Waals surface area contributed by atoms with Crippen LogP contribution in [-0.4, -0.2) is 29.5 Å². The summed E-state index contributed by atoms with van der Waals surface area (Å²) in [7, 11) is 1.58. The van der Waals surface area contributed by atoms with Gasteiger partial charge in [0.05, 0.1) is 34.3 Å². The summed E-state index contributed by atoms with van der Waals surface area (Å²) >= 11 is 0. The van der Waals surface area contributed by atoms with Gasteiger partial charge in [-0.25, -0.2) is 4.79 Å². The Balaban J connectivity index is 1.82. The second-order valence-electron chi connectivity index (χ2n) is 7.68. The number of carbonyl (C=O) groups excluding carboxylic acids is 2. The van der Waals surface area contributed by atoms with E-state index in [2.05, 4.69) is 15.3 Å². The number of pyridine rings is 2. The van der Waals surface area contributed by atoms with Crippen molar-refractivity contribution in [1.82, 2.24) is 9.97 Å². The first kappa shape index (κ1) is 23.7. The van der Waals surface area contributed by atoms with E-state index in [1.807, 2.05) is 6.07 Å². The SMILES string of the molecule is Cc1cnc2c(N(C=O)c3cnccc3C(F)(F)F)cccc2c1N(C)C(=O)Nc1ccccc1. The molecule has 10 heteroatoms. The van der Waals surface area contributed by atoms with Gasteiger partial charge < -0.3 is 5.32 Å². The molecule has 0 saturated heterocycles. The number of aromatic nitrogens is 2. The Morgan fingerprint density at radius 3 is 2.43 bits per heavy atom. The summed E-state index contributed by atoms with van der Waals surface area (Å²) in [6, 6.07) is 14.0. The Hall–Kier alpha value is -4.47. The lowest BCUT2D eigenvalue weighted by Crippen LogP contribution is -2.32. The molecule has 0 aliphatic carbocycles. The molecule has 2 aromatic carbocycles. The molecule has 178 valence electrons. The third kappa shape index (κ3) is 4.63. The molecule has 0 aliphatic heterocycles. The van der Waals surface area contributed by atoms with Crippen molar-refractivity contribution in [3.8, 4) is 0 Å². The van der Waals surface area contributed by atoms with Crippen molar-refractivity contribution < 1.29 is 22.8 Å². The van der Waals surface area contributed by atoms with Gasteiger partial charge in [-0.3, -0.25) is 24.6 Å². The smallest absolute Gasteiger partial charge is 0.308 e. The van der Waals surface area contributed by atoms with Gasteiger partial charge in [0.1, 0.15) is 0 Å². The van der Waals surface area contributed by atoms with Gasteiger partial charge in [0.25, 0.3) is 0 Å². The number of aryl methyl sites for hydroxylation is 1. The van der Waals surface area contributed by atoms with Crippen LogP contribution in [0, 0.1) is 6.92 Å². The third-order valence-electron chi connectivity index (χ3n) is 5.43. The van der Waals surface area contributed by atoms with Crippen molar-refractivity contribution in [2.75, 3.05) is 22.2 Å². The maximum absolute atomic E-state index is 13.6. The van der Waals surface area contributed by atoms with E-state index in [0.717, 1.165) is 23.4 Å². The van der Waals surface area contributed by atoms with Crippen LogP contribution >= 0.6 is 0 Å². The topological polar surface area (TPSA) is 78.4 Å². The molecule has 0 saturated carbocycles. The van der Waals surface area contributed by atoms with Gasteiger partial charge in [-0.2, -0.15) is 13.2 Å². The van der Waals surface area contributed by atoms with Crippen molar-refractivity contribution in [2.45, 2.75) is 13.1 Å². The Bertz CT molecular complexity index is 1390. The fraction of sp³-hybridized carbons (Fsp3) is 0.120. The predicted molar refractivity (Wildman–Crippen MR) is 128 cm³/mol. The highest BCUT2D eigenvalue weighted by molar-refractivity contribution is 6.11. The molecule has 2 heterocycles. The van der Waals surface area contributed by atoms with Gasteiger partial charge in [0.15, 0.2) is 0 Å². The minimum atomic E-state index is -4.70. The Kier molecular flexibility index (Phi) is 6.37. The lowest BCUT2D eigenvalue weighted by molar-refractivity contribution is -0.137. The average Bonchev–Trinajstić information content (AvgIpc) is 2.84. The van der Waals surface area contributed by atoms with Crippen molar-refractivity contribution in [3.05, 3.63) is 84.3 Å². The summed E-state index contributed by atoms with van der Waals surface area (Å²) in [6.07, 6.45) is -0.920. The van der Waals surface area contributed by atoms with E-state index in [-0.39, 0.29) is 17.6 Å². The number of halogens is 3. The monoisotopic (exact) mass is 479 g/mol. The van der Waals surface area contributed by atoms with Crippen molar-refractivity contribution in [2.24, 2.45) is 0 Å². The Morgan fingerprint density at radius 2 is 1.74 bits per heavy atom. The highest BCUT2D eigenvalue weighted by Gasteiger charge is 2.35. The summed E-state index contributed by atoms with van der Waals surface area (Å²) in [6.45, 7) is 1.76. The zero-order valence-electron chi connectivity index (χ0n) is 18.7. The molecule has 0 aliphatic rings. The number of nitrogens with one attached hydrogen (secondary N) is 1. The maximum atomic E-state index is 13.6. The first-order valence-electron chi connectivity index (χ1n) is 10.5. The average molecular weight is 479 g/mol. The quantitative estimate of drug-likeness (QED) is 0.361. The van der Waals surface area contributed by atoms with Crippen LogP contribution in [0.15, 0.2) is 73.2 Å². The highest BCUT2D eigenvalue weighted by Crippen LogP contribution is 2.41. The molecular formula is C25H20F3N5O2. The van der Waals surface area contributed by atoms with E-state index in [1.165, 1.54) is 17.2 Å². The van der Waals surface area contributed by atoms with E-state index >= 15 is 0 Å². The number of alkyl halides is 3. The van der Waals surface area contributed by atoms with Crippen LogP contribution in [-0.2, 0) is 11.0 Å². The summed E-state index contributed by atoms with van der Waals surface area (Å²) in [5.74, 6) is 0. The number of nitrogens with zero attached hydrogens (tertiary/aromatic N) is 4. The van der Waals surface area contributed by atoms with Crippen molar-refractivity contribution >= 4 is 46.1 Å². The molecule has 2 aromatic heterocycles. The molecule has 0 bridgehead atoms. The number of rotatable bonds is 5. The summed E-state index contributed by atoms with van der Waals surface area (Å²) in [5, 5.41) is 3.28. The first-order chi connectivity index (χ1) is 16.7. The molecule has 0 fully saturated rings. The van der Waals surface area contributed by atoms with Crippen LogP contribution in [0.5, 0.6) is 0 Å². The van der Waals surface area contributed by atoms with E-state index < -0.39 is 23.5 Å². The number of carbonyl (C=O) groups is 2. The van der Waals surface area contributed by atoms with Crippen molar-refractivity contribution in [1.29, 1.82) is 0 Å². The Morgan fingerprint density at radius 1 is 1.00 bits per heavy atom. The summed E-state index contributed by atoms with van der Waals surface area (Å²) in [4.78, 5) is 35.4. The minimum Gasteiger partial charge on any atom is -0.308 e. The summed E-state index contributed by atoms with van der Waals surface area (Å²) in [5.41, 5.74) is 0.689. The number of fused-ring (bicyclic) bond motifs is 1. The molecule has 0 unspecified atom stereocenters. The van der Waals surface area contributed by atoms with Crippen LogP contribution in [0.25, 0.3) is 10.9 Å². The highest BCUT2D eigenvalue weighted by atomic mass is 19.4. The third-order valence-corrected chi connectivity index (χ3v) is 5.43. The molecule has 1 N–H and O–H groups in total. The fourth-order valence-electron chi connectivity index (χ4n) is 3.82. The van der Waals surface area contributed by atoms with Gasteiger partial charge >= 0.3 is 12.2 Å². The molecule has 4 rings (SSSR count). The van der Waals surface area contributed by atoms with Crippen LogP contribution in [0.2, 0.25) is 0 Å². The predicted octanol–water partition coefficient (Wildman–Crippen LogP) is 5.92. The maximum Gasteiger partial charge on any atom is 0.418 e. The number of urea groups is 1. The fourth-order valence-corrected chi connectivity index (χ4v) is 3.82. The van der Waals surface area contributed by atoms with E-state index in [1.54, 1.807) is 50.4 Å². The molecular weight excluding hydrogens is 459 g/mol. The molecule has 7 nitrogen and oxygen atoms in total. The second kappa shape index (κ2) is 9.41. The normalized spacial score (nSPS) is 11.2. The zero-order chi connectivity index (χ0) is 25.2. The van der Waals surface area contributed by atoms with Gasteiger partial charge in [0, 0.05) is 30.5 Å². The van der Waals surface area contributed by atoms with Crippen LogP contribution in [0.1, 0.15) is 11.1 Å². The molecule has 35 heavy (non-hydrogen) atoms. The van der Waals surface area contributed by atoms with Gasteiger partial charge in [-0.15, -0.1) is 0 Å². The molecule has 0 radical (unpaired) electrons. The molecule has 3 amide bonds. The van der Waals surface area contributed by atoms with Crippen LogP contribution < -0.4 is 15.1 Å². The molecule has 0 atom stereocenters. The van der Waals surface area contributed by atoms with E-state index in [9.17, 15) is 22.8 Å². The standard InChI is InChI=1S/C25H20F3N5O2/c1-16-13-30-22-18(23(16)32(2)24(35)31-17-7-4-3-5-8-17)9-6-10-20(22)33(15-34)21-14-29-12-11-19(21)25(26,27)28/h3-15H,1-2H3,(H,31,35). The van der Waals surface area contributed by atoms with E-state index in [4.69, 9.17) is 0 Å². The molecule has 0 spiro atoms. The largest absolute Gasteiger partial charge is 0.418 e. The first-order valence-corrected chi connectivity index (χ1v) is 10.5. The number of amides is 3. The number of benzene rings is 2. The number of hydrogen-bond acceptors (Lipinski definition) is 4. The number of hydrogen-bond donors (Lipinski definition) is 1. The van der Waals surface area contributed by atoms with Crippen LogP contribution in [0.3, 0.4) is 0 Å². The second-order valence-corrected chi connectivity index (χ2v) is 7.68. The van der Waals surface area contributed by atoms with Gasteiger partial charge in [-0.05, 0) is 36.8 Å². The lowest BCUT2D eigenvalue weighted by Gasteiger charge is -2.25. The number of anilines is 4. The van der Waals surface area contributed by atoms with Gasteiger partial charge in [-0.1, -0.05) is 30.3 Å². The Labute approximate surface area is 198 Å². The molecule has 4 aromatic rings. The van der Waals surface area contributed by atoms with Crippen molar-refractivity contribution in [3.63, 3.8) is 0 Å². The van der Waals surface area contributed by atoms with Gasteiger partial charge in [0.2, 0.25) is 6.41 Å². The minimum absolute atomic E-state index is 0.120. The van der Waals surface area contributed by atoms with Crippen LogP contribution in [0.4, 0.5) is 40.7 Å². The summed E-state index contributed by atoms with van der Waals surface area (Å²) < 4.78 is 40.9. The zero-order valence-corrected chi connectivity index (χ0v) is 18.7. The van der Waals surface area contributed by atoms with E-state index in [0.29, 0.717) is 22.3 Å². The number of para-hydroxylation sites is 2. The lowest BCUT2D eigenvalue weighted by atomic mass is 10.1.